The first kappa shape index (κ1) is 9.94. The molecule has 0 saturated carbocycles. The van der Waals surface area contributed by atoms with Crippen LogP contribution in [0.2, 0.25) is 0 Å². The highest BCUT2D eigenvalue weighted by molar-refractivity contribution is 9.10. The van der Waals surface area contributed by atoms with E-state index in [0.29, 0.717) is 4.47 Å². The predicted octanol–water partition coefficient (Wildman–Crippen LogP) is 0.916. The number of nitrogens with one attached hydrogen (secondary N) is 1. The second-order valence-corrected chi connectivity index (χ2v) is 3.01. The third-order valence-electron chi connectivity index (χ3n) is 1.43. The van der Waals surface area contributed by atoms with Crippen molar-refractivity contribution in [1.29, 1.82) is 0 Å². The van der Waals surface area contributed by atoms with Gasteiger partial charge < -0.3 is 10.2 Å². The molecule has 6 heteroatoms. The number of esters is 1. The normalized spacial score (nSPS) is 9.46. The summed E-state index contributed by atoms with van der Waals surface area (Å²) in [6.07, 6.45) is 1.52. The SMILES string of the molecule is COC(=O)c1c(Br)ccnc1NN. The summed E-state index contributed by atoms with van der Waals surface area (Å²) < 4.78 is 5.14. The lowest BCUT2D eigenvalue weighted by Gasteiger charge is -2.06. The molecule has 0 aliphatic carbocycles. The molecular formula is C7H8BrN3O2. The van der Waals surface area contributed by atoms with Crippen LogP contribution in [0.3, 0.4) is 0 Å². The molecule has 1 rings (SSSR count). The van der Waals surface area contributed by atoms with Gasteiger partial charge in [-0.25, -0.2) is 15.6 Å². The van der Waals surface area contributed by atoms with E-state index in [1.165, 1.54) is 13.3 Å². The molecule has 0 aliphatic heterocycles. The first-order valence-corrected chi connectivity index (χ1v) is 4.19. The van der Waals surface area contributed by atoms with Crippen molar-refractivity contribution in [3.63, 3.8) is 0 Å². The number of pyridine rings is 1. The van der Waals surface area contributed by atoms with Gasteiger partial charge >= 0.3 is 5.97 Å². The molecule has 0 aromatic carbocycles. The Labute approximate surface area is 83.4 Å². The van der Waals surface area contributed by atoms with Crippen molar-refractivity contribution >= 4 is 27.7 Å². The minimum absolute atomic E-state index is 0.279. The van der Waals surface area contributed by atoms with E-state index in [0.717, 1.165) is 0 Å². The smallest absolute Gasteiger partial charge is 0.342 e. The van der Waals surface area contributed by atoms with E-state index in [1.807, 2.05) is 0 Å². The number of nitrogens with zero attached hydrogens (tertiary/aromatic N) is 1. The number of nitrogen functional groups attached to an aromatic ring is 1. The van der Waals surface area contributed by atoms with E-state index in [2.05, 4.69) is 31.1 Å². The molecule has 0 radical (unpaired) electrons. The molecule has 13 heavy (non-hydrogen) atoms. The van der Waals surface area contributed by atoms with Crippen LogP contribution in [0.1, 0.15) is 10.4 Å². The molecule has 0 amide bonds. The van der Waals surface area contributed by atoms with Crippen LogP contribution in [0.25, 0.3) is 0 Å². The Morgan fingerprint density at radius 2 is 2.46 bits per heavy atom. The zero-order chi connectivity index (χ0) is 9.84. The molecule has 5 nitrogen and oxygen atoms in total. The summed E-state index contributed by atoms with van der Waals surface area (Å²) in [4.78, 5) is 15.1. The van der Waals surface area contributed by atoms with Crippen molar-refractivity contribution in [3.05, 3.63) is 22.3 Å². The van der Waals surface area contributed by atoms with Crippen LogP contribution in [0, 0.1) is 0 Å². The molecule has 1 aromatic heterocycles. The molecule has 1 aromatic rings. The number of anilines is 1. The second-order valence-electron chi connectivity index (χ2n) is 2.15. The summed E-state index contributed by atoms with van der Waals surface area (Å²) in [7, 11) is 1.29. The Morgan fingerprint density at radius 3 is 3.00 bits per heavy atom. The molecule has 1 heterocycles. The molecule has 0 fully saturated rings. The highest BCUT2D eigenvalue weighted by Gasteiger charge is 2.15. The summed E-state index contributed by atoms with van der Waals surface area (Å²) in [5.74, 6) is 4.96. The molecule has 0 bridgehead atoms. The summed E-state index contributed by atoms with van der Waals surface area (Å²) in [6, 6.07) is 1.63. The van der Waals surface area contributed by atoms with E-state index in [4.69, 9.17) is 5.84 Å². The van der Waals surface area contributed by atoms with Crippen molar-refractivity contribution in [1.82, 2.24) is 4.98 Å². The number of hydrazine groups is 1. The predicted molar refractivity (Wildman–Crippen MR) is 51.1 cm³/mol. The van der Waals surface area contributed by atoms with Gasteiger partial charge in [0.15, 0.2) is 5.82 Å². The summed E-state index contributed by atoms with van der Waals surface area (Å²) in [6.45, 7) is 0. The Morgan fingerprint density at radius 1 is 1.77 bits per heavy atom. The summed E-state index contributed by atoms with van der Waals surface area (Å²) in [5, 5.41) is 0. The summed E-state index contributed by atoms with van der Waals surface area (Å²) >= 11 is 3.19. The van der Waals surface area contributed by atoms with E-state index in [9.17, 15) is 4.79 Å². The number of aromatic nitrogens is 1. The van der Waals surface area contributed by atoms with Crippen molar-refractivity contribution in [2.75, 3.05) is 12.5 Å². The third-order valence-corrected chi connectivity index (χ3v) is 2.09. The maximum Gasteiger partial charge on any atom is 0.342 e. The van der Waals surface area contributed by atoms with Gasteiger partial charge in [0.05, 0.1) is 7.11 Å². The minimum atomic E-state index is -0.493. The monoisotopic (exact) mass is 245 g/mol. The van der Waals surface area contributed by atoms with Crippen molar-refractivity contribution < 1.29 is 9.53 Å². The van der Waals surface area contributed by atoms with Crippen LogP contribution in [0.4, 0.5) is 5.82 Å². The van der Waals surface area contributed by atoms with Crippen LogP contribution in [-0.4, -0.2) is 18.1 Å². The highest BCUT2D eigenvalue weighted by Crippen LogP contribution is 2.22. The van der Waals surface area contributed by atoms with Crippen LogP contribution in [-0.2, 0) is 4.74 Å². The van der Waals surface area contributed by atoms with Crippen LogP contribution < -0.4 is 11.3 Å². The van der Waals surface area contributed by atoms with Gasteiger partial charge in [-0.05, 0) is 22.0 Å². The van der Waals surface area contributed by atoms with Crippen molar-refractivity contribution in [3.8, 4) is 0 Å². The van der Waals surface area contributed by atoms with Gasteiger partial charge in [0.2, 0.25) is 0 Å². The largest absolute Gasteiger partial charge is 0.465 e. The number of ether oxygens (including phenoxy) is 1. The molecule has 0 saturated heterocycles. The van der Waals surface area contributed by atoms with Crippen LogP contribution in [0.5, 0.6) is 0 Å². The molecule has 0 unspecified atom stereocenters. The third kappa shape index (κ3) is 1.96. The summed E-state index contributed by atoms with van der Waals surface area (Å²) in [5.41, 5.74) is 2.59. The second kappa shape index (κ2) is 4.20. The zero-order valence-corrected chi connectivity index (χ0v) is 8.46. The van der Waals surface area contributed by atoms with Crippen LogP contribution >= 0.6 is 15.9 Å². The average molecular weight is 246 g/mol. The van der Waals surface area contributed by atoms with Gasteiger partial charge in [0.25, 0.3) is 0 Å². The van der Waals surface area contributed by atoms with E-state index in [1.54, 1.807) is 6.07 Å². The van der Waals surface area contributed by atoms with E-state index >= 15 is 0 Å². The van der Waals surface area contributed by atoms with Crippen molar-refractivity contribution in [2.45, 2.75) is 0 Å². The van der Waals surface area contributed by atoms with Gasteiger partial charge in [0.1, 0.15) is 5.56 Å². The minimum Gasteiger partial charge on any atom is -0.465 e. The fourth-order valence-corrected chi connectivity index (χ4v) is 1.31. The number of halogens is 1. The fraction of sp³-hybridized carbons (Fsp3) is 0.143. The van der Waals surface area contributed by atoms with E-state index in [-0.39, 0.29) is 11.4 Å². The maximum absolute atomic E-state index is 11.2. The molecule has 3 N–H and O–H groups in total. The van der Waals surface area contributed by atoms with Gasteiger partial charge in [-0.15, -0.1) is 0 Å². The Hall–Kier alpha value is -1.14. The lowest BCUT2D eigenvalue weighted by molar-refractivity contribution is 0.0600. The molecule has 0 aliphatic rings. The maximum atomic E-state index is 11.2. The van der Waals surface area contributed by atoms with Gasteiger partial charge in [-0.2, -0.15) is 0 Å². The fourth-order valence-electron chi connectivity index (χ4n) is 0.844. The quantitative estimate of drug-likeness (QED) is 0.461. The molecule has 0 spiro atoms. The Balaban J connectivity index is 3.22. The Bertz CT molecular complexity index is 330. The lowest BCUT2D eigenvalue weighted by Crippen LogP contribution is -2.15. The zero-order valence-electron chi connectivity index (χ0n) is 6.87. The standard InChI is InChI=1S/C7H8BrN3O2/c1-13-7(12)5-4(8)2-3-10-6(5)11-9/h2-3H,9H2,1H3,(H,10,11). The van der Waals surface area contributed by atoms with Gasteiger partial charge in [-0.3, -0.25) is 0 Å². The topological polar surface area (TPSA) is 77.2 Å². The van der Waals surface area contributed by atoms with Gasteiger partial charge in [-0.1, -0.05) is 0 Å². The van der Waals surface area contributed by atoms with Crippen LogP contribution in [0.15, 0.2) is 16.7 Å². The lowest BCUT2D eigenvalue weighted by atomic mass is 10.2. The number of carbonyl (C=O) groups excluding carboxylic acids is 1. The number of methoxy groups -OCH3 is 1. The van der Waals surface area contributed by atoms with E-state index < -0.39 is 5.97 Å². The number of carbonyl (C=O) groups is 1. The van der Waals surface area contributed by atoms with Gasteiger partial charge in [0, 0.05) is 10.7 Å². The molecule has 70 valence electrons. The highest BCUT2D eigenvalue weighted by atomic mass is 79.9. The average Bonchev–Trinajstić information content (AvgIpc) is 2.16. The molecule has 0 atom stereocenters. The Kier molecular flexibility index (Phi) is 3.21. The number of hydrogen-bond acceptors (Lipinski definition) is 5. The molecular weight excluding hydrogens is 238 g/mol. The number of hydrogen-bond donors (Lipinski definition) is 2. The first-order chi connectivity index (χ1) is 6.20. The first-order valence-electron chi connectivity index (χ1n) is 3.40. The number of rotatable bonds is 2. The number of nitrogens with two attached hydrogens (primary N) is 1. The van der Waals surface area contributed by atoms with Crippen molar-refractivity contribution in [2.24, 2.45) is 5.84 Å².